The molecule has 1 aromatic carbocycles. The van der Waals surface area contributed by atoms with Gasteiger partial charge in [0.2, 0.25) is 0 Å². The van der Waals surface area contributed by atoms with Crippen LogP contribution in [0.15, 0.2) is 34.9 Å². The number of ketones is 1. The number of rotatable bonds is 3. The predicted octanol–water partition coefficient (Wildman–Crippen LogP) is 2.75. The van der Waals surface area contributed by atoms with Crippen LogP contribution in [0, 0.1) is 5.82 Å². The molecule has 0 saturated heterocycles. The summed E-state index contributed by atoms with van der Waals surface area (Å²) in [6.45, 7) is 0. The molecule has 0 N–H and O–H groups in total. The summed E-state index contributed by atoms with van der Waals surface area (Å²) >= 11 is 3.18. The highest BCUT2D eigenvalue weighted by Crippen LogP contribution is 2.21. The van der Waals surface area contributed by atoms with Gasteiger partial charge in [-0.3, -0.25) is 9.48 Å². The van der Waals surface area contributed by atoms with Gasteiger partial charge < -0.3 is 0 Å². The van der Waals surface area contributed by atoms with Gasteiger partial charge >= 0.3 is 0 Å². The second kappa shape index (κ2) is 4.79. The van der Waals surface area contributed by atoms with E-state index >= 15 is 0 Å². The molecule has 5 heteroatoms. The highest BCUT2D eigenvalue weighted by molar-refractivity contribution is 9.10. The maximum Gasteiger partial charge on any atom is 0.172 e. The number of Topliss-reactive ketones (excluding diaryl/α,β-unsaturated/α-hetero) is 1. The zero-order valence-electron chi connectivity index (χ0n) is 9.15. The van der Waals surface area contributed by atoms with Gasteiger partial charge in [0, 0.05) is 17.7 Å². The molecule has 1 heterocycles. The first-order valence-corrected chi connectivity index (χ1v) is 5.83. The number of nitrogens with zero attached hydrogens (tertiary/aromatic N) is 2. The lowest BCUT2D eigenvalue weighted by Crippen LogP contribution is -2.08. The summed E-state index contributed by atoms with van der Waals surface area (Å²) in [5, 5.41) is 4.09. The van der Waals surface area contributed by atoms with Crippen molar-refractivity contribution in [3.05, 3.63) is 52.0 Å². The van der Waals surface area contributed by atoms with Crippen LogP contribution in [-0.2, 0) is 13.5 Å². The monoisotopic (exact) mass is 296 g/mol. The van der Waals surface area contributed by atoms with Crippen molar-refractivity contribution in [2.45, 2.75) is 6.42 Å². The number of hydrogen-bond acceptors (Lipinski definition) is 2. The fraction of sp³-hybridized carbons (Fsp3) is 0.167. The zero-order valence-corrected chi connectivity index (χ0v) is 10.7. The summed E-state index contributed by atoms with van der Waals surface area (Å²) in [5.74, 6) is -0.797. The molecule has 1 aromatic heterocycles. The van der Waals surface area contributed by atoms with Crippen molar-refractivity contribution >= 4 is 21.7 Å². The predicted molar refractivity (Wildman–Crippen MR) is 65.3 cm³/mol. The Morgan fingerprint density at radius 1 is 1.47 bits per heavy atom. The fourth-order valence-corrected chi connectivity index (χ4v) is 2.14. The minimum absolute atomic E-state index is 0.0816. The number of benzene rings is 1. The first-order chi connectivity index (χ1) is 8.08. The largest absolute Gasteiger partial charge is 0.294 e. The van der Waals surface area contributed by atoms with Gasteiger partial charge in [0.15, 0.2) is 5.78 Å². The normalized spacial score (nSPS) is 10.5. The molecular weight excluding hydrogens is 287 g/mol. The van der Waals surface area contributed by atoms with Crippen LogP contribution in [0.1, 0.15) is 16.1 Å². The van der Waals surface area contributed by atoms with Crippen molar-refractivity contribution in [1.29, 1.82) is 0 Å². The van der Waals surface area contributed by atoms with Crippen molar-refractivity contribution in [3.8, 4) is 0 Å². The van der Waals surface area contributed by atoms with Gasteiger partial charge in [0.1, 0.15) is 5.82 Å². The molecule has 0 aliphatic rings. The number of carbonyl (C=O) groups excluding carboxylic acids is 1. The van der Waals surface area contributed by atoms with Crippen molar-refractivity contribution < 1.29 is 9.18 Å². The van der Waals surface area contributed by atoms with Crippen LogP contribution in [-0.4, -0.2) is 15.6 Å². The lowest BCUT2D eigenvalue weighted by atomic mass is 10.1. The first kappa shape index (κ1) is 12.0. The molecule has 17 heavy (non-hydrogen) atoms. The van der Waals surface area contributed by atoms with Gasteiger partial charge in [0.25, 0.3) is 0 Å². The van der Waals surface area contributed by atoms with E-state index in [-0.39, 0.29) is 17.8 Å². The van der Waals surface area contributed by atoms with Crippen molar-refractivity contribution in [2.75, 3.05) is 0 Å². The van der Waals surface area contributed by atoms with Crippen LogP contribution in [0.4, 0.5) is 4.39 Å². The Bertz CT molecular complexity index is 545. The van der Waals surface area contributed by atoms with E-state index in [4.69, 9.17) is 0 Å². The number of aromatic nitrogens is 2. The minimum Gasteiger partial charge on any atom is -0.294 e. The Morgan fingerprint density at radius 3 is 2.82 bits per heavy atom. The molecule has 0 aliphatic heterocycles. The number of hydrogen-bond donors (Lipinski definition) is 0. The van der Waals surface area contributed by atoms with E-state index in [0.717, 1.165) is 0 Å². The maximum absolute atomic E-state index is 13.5. The molecule has 0 amide bonds. The molecule has 0 aliphatic carbocycles. The van der Waals surface area contributed by atoms with Crippen molar-refractivity contribution in [3.63, 3.8) is 0 Å². The molecular formula is C12H10BrFN2O. The lowest BCUT2D eigenvalue weighted by molar-refractivity contribution is 0.0987. The van der Waals surface area contributed by atoms with Gasteiger partial charge in [-0.1, -0.05) is 6.07 Å². The molecule has 0 bridgehead atoms. The fourth-order valence-electron chi connectivity index (χ4n) is 1.57. The lowest BCUT2D eigenvalue weighted by Gasteiger charge is -2.03. The molecule has 88 valence electrons. The summed E-state index contributed by atoms with van der Waals surface area (Å²) in [5.41, 5.74) is 0.714. The zero-order chi connectivity index (χ0) is 12.4. The van der Waals surface area contributed by atoms with Gasteiger partial charge in [-0.05, 0) is 34.1 Å². The van der Waals surface area contributed by atoms with E-state index in [1.165, 1.54) is 6.07 Å². The molecule has 2 aromatic rings. The highest BCUT2D eigenvalue weighted by atomic mass is 79.9. The average Bonchev–Trinajstić information content (AvgIpc) is 2.63. The van der Waals surface area contributed by atoms with E-state index < -0.39 is 5.82 Å². The Kier molecular flexibility index (Phi) is 3.38. The molecule has 0 radical (unpaired) electrons. The van der Waals surface area contributed by atoms with Crippen molar-refractivity contribution in [1.82, 2.24) is 9.78 Å². The van der Waals surface area contributed by atoms with E-state index in [9.17, 15) is 9.18 Å². The van der Waals surface area contributed by atoms with E-state index in [1.807, 2.05) is 0 Å². The molecule has 0 atom stereocenters. The van der Waals surface area contributed by atoms with Gasteiger partial charge in [-0.15, -0.1) is 0 Å². The summed E-state index contributed by atoms with van der Waals surface area (Å²) in [7, 11) is 1.77. The van der Waals surface area contributed by atoms with Crippen LogP contribution in [0.3, 0.4) is 0 Å². The second-order valence-corrected chi connectivity index (χ2v) is 4.53. The summed E-state index contributed by atoms with van der Waals surface area (Å²) in [6.07, 6.45) is 1.85. The topological polar surface area (TPSA) is 34.9 Å². The standard InChI is InChI=1S/C12H10BrFN2O/c1-16-6-5-8(15-16)7-11(17)12-9(13)3-2-4-10(12)14/h2-6H,7H2,1H3. The smallest absolute Gasteiger partial charge is 0.172 e. The van der Waals surface area contributed by atoms with Gasteiger partial charge in [-0.25, -0.2) is 4.39 Å². The first-order valence-electron chi connectivity index (χ1n) is 5.03. The molecule has 0 spiro atoms. The number of halogens is 2. The third-order valence-corrected chi connectivity index (χ3v) is 3.01. The van der Waals surface area contributed by atoms with Crippen LogP contribution in [0.2, 0.25) is 0 Å². The van der Waals surface area contributed by atoms with Gasteiger partial charge in [0.05, 0.1) is 17.7 Å². The Hall–Kier alpha value is -1.49. The molecule has 3 nitrogen and oxygen atoms in total. The third kappa shape index (κ3) is 2.61. The van der Waals surface area contributed by atoms with E-state index in [1.54, 1.807) is 36.1 Å². The molecule has 2 rings (SSSR count). The summed E-state index contributed by atoms with van der Waals surface area (Å²) in [6, 6.07) is 6.22. The summed E-state index contributed by atoms with van der Waals surface area (Å²) < 4.78 is 15.6. The minimum atomic E-state index is -0.514. The van der Waals surface area contributed by atoms with Crippen LogP contribution in [0.25, 0.3) is 0 Å². The van der Waals surface area contributed by atoms with Crippen LogP contribution < -0.4 is 0 Å². The number of carbonyl (C=O) groups is 1. The van der Waals surface area contributed by atoms with E-state index in [0.29, 0.717) is 10.2 Å². The quantitative estimate of drug-likeness (QED) is 0.817. The summed E-state index contributed by atoms with van der Waals surface area (Å²) in [4.78, 5) is 11.9. The third-order valence-electron chi connectivity index (χ3n) is 2.35. The highest BCUT2D eigenvalue weighted by Gasteiger charge is 2.16. The second-order valence-electron chi connectivity index (χ2n) is 3.68. The van der Waals surface area contributed by atoms with E-state index in [2.05, 4.69) is 21.0 Å². The Balaban J connectivity index is 2.26. The van der Waals surface area contributed by atoms with Crippen LogP contribution >= 0.6 is 15.9 Å². The Morgan fingerprint density at radius 2 is 2.24 bits per heavy atom. The van der Waals surface area contributed by atoms with Crippen molar-refractivity contribution in [2.24, 2.45) is 7.05 Å². The van der Waals surface area contributed by atoms with Gasteiger partial charge in [-0.2, -0.15) is 5.10 Å². The Labute approximate surface area is 106 Å². The maximum atomic E-state index is 13.5. The molecule has 0 fully saturated rings. The average molecular weight is 297 g/mol. The number of aryl methyl sites for hydroxylation is 1. The molecule has 0 saturated carbocycles. The molecule has 0 unspecified atom stereocenters. The van der Waals surface area contributed by atoms with Crippen LogP contribution in [0.5, 0.6) is 0 Å². The SMILES string of the molecule is Cn1ccc(CC(=O)c2c(F)cccc2Br)n1.